The molecular formula is C18H18N2O2. The molecule has 22 heavy (non-hydrogen) atoms. The topological polar surface area (TPSA) is 55.1 Å². The lowest BCUT2D eigenvalue weighted by Crippen LogP contribution is -2.11. The van der Waals surface area contributed by atoms with Gasteiger partial charge in [-0.1, -0.05) is 38.1 Å². The minimum atomic E-state index is -0.915. The van der Waals surface area contributed by atoms with Gasteiger partial charge in [-0.15, -0.1) is 0 Å². The zero-order valence-electron chi connectivity index (χ0n) is 12.7. The summed E-state index contributed by atoms with van der Waals surface area (Å²) in [5.41, 5.74) is 3.29. The van der Waals surface area contributed by atoms with Gasteiger partial charge < -0.3 is 9.67 Å². The number of para-hydroxylation sites is 1. The molecule has 0 aliphatic heterocycles. The van der Waals surface area contributed by atoms with Crippen molar-refractivity contribution >= 4 is 16.9 Å². The molecule has 0 spiro atoms. The van der Waals surface area contributed by atoms with Crippen molar-refractivity contribution in [3.05, 3.63) is 65.6 Å². The molecule has 1 aromatic carbocycles. The minimum Gasteiger partial charge on any atom is -0.477 e. The first-order valence-corrected chi connectivity index (χ1v) is 7.33. The quantitative estimate of drug-likeness (QED) is 0.793. The van der Waals surface area contributed by atoms with Crippen LogP contribution in [0.15, 0.2) is 48.7 Å². The van der Waals surface area contributed by atoms with E-state index in [0.29, 0.717) is 18.2 Å². The fourth-order valence-electron chi connectivity index (χ4n) is 2.81. The first-order chi connectivity index (χ1) is 10.6. The first kappa shape index (κ1) is 14.3. The van der Waals surface area contributed by atoms with Crippen molar-refractivity contribution in [1.29, 1.82) is 0 Å². The van der Waals surface area contributed by atoms with Crippen LogP contribution in [-0.2, 0) is 6.54 Å². The molecule has 4 nitrogen and oxygen atoms in total. The van der Waals surface area contributed by atoms with Crippen LogP contribution in [0.5, 0.6) is 0 Å². The van der Waals surface area contributed by atoms with Crippen molar-refractivity contribution in [3.63, 3.8) is 0 Å². The monoisotopic (exact) mass is 294 g/mol. The predicted molar refractivity (Wildman–Crippen MR) is 86.3 cm³/mol. The Morgan fingerprint density at radius 1 is 1.23 bits per heavy atom. The van der Waals surface area contributed by atoms with Crippen LogP contribution in [0.25, 0.3) is 10.9 Å². The van der Waals surface area contributed by atoms with Crippen molar-refractivity contribution < 1.29 is 9.90 Å². The molecule has 112 valence electrons. The van der Waals surface area contributed by atoms with Crippen molar-refractivity contribution in [2.75, 3.05) is 0 Å². The summed E-state index contributed by atoms with van der Waals surface area (Å²) in [4.78, 5) is 15.9. The Morgan fingerprint density at radius 2 is 2.05 bits per heavy atom. The Balaban J connectivity index is 2.25. The molecule has 4 heteroatoms. The number of pyridine rings is 1. The largest absolute Gasteiger partial charge is 0.477 e. The van der Waals surface area contributed by atoms with Crippen LogP contribution >= 0.6 is 0 Å². The van der Waals surface area contributed by atoms with Gasteiger partial charge in [0.15, 0.2) is 0 Å². The molecule has 1 N–H and O–H groups in total. The van der Waals surface area contributed by atoms with Crippen molar-refractivity contribution in [2.24, 2.45) is 0 Å². The number of nitrogens with zero attached hydrogens (tertiary/aromatic N) is 2. The van der Waals surface area contributed by atoms with Crippen LogP contribution in [0.3, 0.4) is 0 Å². The van der Waals surface area contributed by atoms with Gasteiger partial charge in [0.1, 0.15) is 5.69 Å². The second-order valence-corrected chi connectivity index (χ2v) is 5.68. The Labute approximate surface area is 129 Å². The van der Waals surface area contributed by atoms with Gasteiger partial charge in [0.25, 0.3) is 0 Å². The molecular weight excluding hydrogens is 276 g/mol. The smallest absolute Gasteiger partial charge is 0.352 e. The van der Waals surface area contributed by atoms with Crippen LogP contribution in [0, 0.1) is 0 Å². The summed E-state index contributed by atoms with van der Waals surface area (Å²) in [5, 5.41) is 10.5. The van der Waals surface area contributed by atoms with Crippen LogP contribution in [-0.4, -0.2) is 20.6 Å². The van der Waals surface area contributed by atoms with Crippen LogP contribution < -0.4 is 0 Å². The Morgan fingerprint density at radius 3 is 2.68 bits per heavy atom. The highest BCUT2D eigenvalue weighted by Crippen LogP contribution is 2.29. The van der Waals surface area contributed by atoms with Gasteiger partial charge in [-0.05, 0) is 29.7 Å². The van der Waals surface area contributed by atoms with E-state index in [9.17, 15) is 9.90 Å². The molecule has 0 amide bonds. The average Bonchev–Trinajstić information content (AvgIpc) is 2.87. The number of rotatable bonds is 4. The normalized spacial score (nSPS) is 11.2. The number of aromatic nitrogens is 2. The molecule has 0 bridgehead atoms. The molecule has 3 aromatic rings. The third-order valence-electron chi connectivity index (χ3n) is 3.84. The van der Waals surface area contributed by atoms with E-state index in [0.717, 1.165) is 22.2 Å². The summed E-state index contributed by atoms with van der Waals surface area (Å²) in [6, 6.07) is 13.4. The number of fused-ring (bicyclic) bond motifs is 1. The molecule has 0 saturated carbocycles. The fourth-order valence-corrected chi connectivity index (χ4v) is 2.81. The number of carboxylic acids is 1. The lowest BCUT2D eigenvalue weighted by Gasteiger charge is -2.13. The second-order valence-electron chi connectivity index (χ2n) is 5.68. The molecule has 0 radical (unpaired) electrons. The maximum Gasteiger partial charge on any atom is 0.352 e. The third-order valence-corrected chi connectivity index (χ3v) is 3.84. The third kappa shape index (κ3) is 2.48. The van der Waals surface area contributed by atoms with E-state index >= 15 is 0 Å². The molecule has 2 heterocycles. The highest BCUT2D eigenvalue weighted by atomic mass is 16.4. The van der Waals surface area contributed by atoms with Gasteiger partial charge in [-0.2, -0.15) is 0 Å². The van der Waals surface area contributed by atoms with Crippen molar-refractivity contribution in [1.82, 2.24) is 9.55 Å². The summed E-state index contributed by atoms with van der Waals surface area (Å²) < 4.78 is 1.86. The Bertz CT molecular complexity index is 820. The molecule has 0 fully saturated rings. The lowest BCUT2D eigenvalue weighted by atomic mass is 10.0. The fraction of sp³-hybridized carbons (Fsp3) is 0.222. The molecule has 0 saturated heterocycles. The SMILES string of the molecule is CC(C)c1cccc2cc(C(=O)O)n(Cc3ccccn3)c12. The van der Waals surface area contributed by atoms with E-state index in [2.05, 4.69) is 24.9 Å². The summed E-state index contributed by atoms with van der Waals surface area (Å²) in [5.74, 6) is -0.593. The molecule has 0 atom stereocenters. The van der Waals surface area contributed by atoms with Gasteiger partial charge in [0.2, 0.25) is 0 Å². The predicted octanol–water partition coefficient (Wildman–Crippen LogP) is 3.91. The Hall–Kier alpha value is -2.62. The number of hydrogen-bond acceptors (Lipinski definition) is 2. The van der Waals surface area contributed by atoms with Crippen molar-refractivity contribution in [2.45, 2.75) is 26.3 Å². The van der Waals surface area contributed by atoms with Crippen molar-refractivity contribution in [3.8, 4) is 0 Å². The summed E-state index contributed by atoms with van der Waals surface area (Å²) in [6.07, 6.45) is 1.73. The zero-order valence-corrected chi connectivity index (χ0v) is 12.7. The number of carboxylic acid groups (broad SMARTS) is 1. The lowest BCUT2D eigenvalue weighted by molar-refractivity contribution is 0.0686. The molecule has 0 aliphatic carbocycles. The van der Waals surface area contributed by atoms with Gasteiger partial charge in [-0.25, -0.2) is 4.79 Å². The number of carbonyl (C=O) groups is 1. The number of aromatic carboxylic acids is 1. The average molecular weight is 294 g/mol. The van der Waals surface area contributed by atoms with E-state index in [1.165, 1.54) is 0 Å². The van der Waals surface area contributed by atoms with Crippen LogP contribution in [0.2, 0.25) is 0 Å². The van der Waals surface area contributed by atoms with E-state index in [-0.39, 0.29) is 0 Å². The highest BCUT2D eigenvalue weighted by molar-refractivity contribution is 5.96. The molecule has 2 aromatic heterocycles. The minimum absolute atomic E-state index is 0.300. The standard InChI is InChI=1S/C18H18N2O2/c1-12(2)15-8-5-6-13-10-16(18(21)22)20(17(13)15)11-14-7-3-4-9-19-14/h3-10,12H,11H2,1-2H3,(H,21,22). The molecule has 0 unspecified atom stereocenters. The molecule has 0 aliphatic rings. The maximum atomic E-state index is 11.6. The van der Waals surface area contributed by atoms with E-state index in [1.807, 2.05) is 34.9 Å². The van der Waals surface area contributed by atoms with Crippen LogP contribution in [0.1, 0.15) is 41.5 Å². The summed E-state index contributed by atoms with van der Waals surface area (Å²) in [7, 11) is 0. The second kappa shape index (κ2) is 5.64. The van der Waals surface area contributed by atoms with Gasteiger partial charge in [-0.3, -0.25) is 4.98 Å². The summed E-state index contributed by atoms with van der Waals surface area (Å²) >= 11 is 0. The maximum absolute atomic E-state index is 11.6. The van der Waals surface area contributed by atoms with Gasteiger partial charge in [0.05, 0.1) is 17.8 Å². The van der Waals surface area contributed by atoms with Gasteiger partial charge >= 0.3 is 5.97 Å². The number of benzene rings is 1. The Kier molecular flexibility index (Phi) is 3.67. The highest BCUT2D eigenvalue weighted by Gasteiger charge is 2.18. The summed E-state index contributed by atoms with van der Waals surface area (Å²) in [6.45, 7) is 4.69. The van der Waals surface area contributed by atoms with E-state index in [4.69, 9.17) is 0 Å². The van der Waals surface area contributed by atoms with E-state index < -0.39 is 5.97 Å². The molecule has 3 rings (SSSR count). The zero-order chi connectivity index (χ0) is 15.7. The van der Waals surface area contributed by atoms with Crippen LogP contribution in [0.4, 0.5) is 0 Å². The van der Waals surface area contributed by atoms with Gasteiger partial charge in [0, 0.05) is 11.6 Å². The number of hydrogen-bond donors (Lipinski definition) is 1. The first-order valence-electron chi connectivity index (χ1n) is 7.33. The van der Waals surface area contributed by atoms with E-state index in [1.54, 1.807) is 12.3 Å².